The third kappa shape index (κ3) is 5.74. The number of urea groups is 1. The van der Waals surface area contributed by atoms with Crippen molar-refractivity contribution in [2.75, 3.05) is 16.4 Å². The normalized spacial score (nSPS) is 10.6. The molecule has 0 bridgehead atoms. The molecule has 2 amide bonds. The Morgan fingerprint density at radius 3 is 2.32 bits per heavy atom. The van der Waals surface area contributed by atoms with Crippen LogP contribution in [0.15, 0.2) is 79.5 Å². The monoisotopic (exact) mass is 533 g/mol. The number of carbonyl (C=O) groups excluding carboxylic acids is 1. The van der Waals surface area contributed by atoms with E-state index in [1.54, 1.807) is 36.4 Å². The summed E-state index contributed by atoms with van der Waals surface area (Å²) >= 11 is 12.1. The first-order valence-corrected chi connectivity index (χ1v) is 11.5. The van der Waals surface area contributed by atoms with Crippen LogP contribution in [0.25, 0.3) is 16.8 Å². The SMILES string of the molecule is Nc1ncc(Cl)cc1-c1ccc(Oc2ncc(NC(=O)Nc3cc(Cl)ccc3-n3nccn3)cn2)cc1. The molecule has 0 spiro atoms. The zero-order chi connectivity index (χ0) is 25.8. The van der Waals surface area contributed by atoms with Crippen LogP contribution in [0, 0.1) is 0 Å². The molecule has 11 nitrogen and oxygen atoms in total. The third-order valence-corrected chi connectivity index (χ3v) is 5.43. The Bertz CT molecular complexity index is 1540. The van der Waals surface area contributed by atoms with Crippen molar-refractivity contribution >= 4 is 46.4 Å². The number of amides is 2. The van der Waals surface area contributed by atoms with Crippen LogP contribution < -0.4 is 21.1 Å². The predicted octanol–water partition coefficient (Wildman–Crippen LogP) is 5.44. The molecule has 13 heteroatoms. The number of hydrogen-bond donors (Lipinski definition) is 3. The van der Waals surface area contributed by atoms with E-state index in [4.69, 9.17) is 33.7 Å². The van der Waals surface area contributed by atoms with Crippen LogP contribution in [0.3, 0.4) is 0 Å². The lowest BCUT2D eigenvalue weighted by atomic mass is 10.1. The van der Waals surface area contributed by atoms with E-state index in [0.29, 0.717) is 38.7 Å². The standard InChI is InChI=1S/C24H17Cl2N9O2/c25-15-3-6-21(35-31-7-8-32-35)20(10-15)34-23(36)33-17-12-29-24(30-13-17)37-18-4-1-14(2-5-18)19-9-16(26)11-28-22(19)27/h1-13H,(H2,27,28)(H2,33,34,36). The first kappa shape index (κ1) is 24.0. The van der Waals surface area contributed by atoms with Gasteiger partial charge in [-0.1, -0.05) is 35.3 Å². The lowest BCUT2D eigenvalue weighted by Crippen LogP contribution is -2.21. The van der Waals surface area contributed by atoms with Gasteiger partial charge in [0.05, 0.1) is 41.2 Å². The van der Waals surface area contributed by atoms with E-state index in [0.717, 1.165) is 11.1 Å². The van der Waals surface area contributed by atoms with Crippen LogP contribution >= 0.6 is 23.2 Å². The van der Waals surface area contributed by atoms with Crippen molar-refractivity contribution in [3.8, 4) is 28.6 Å². The average molecular weight is 534 g/mol. The van der Waals surface area contributed by atoms with Crippen LogP contribution in [-0.4, -0.2) is 36.0 Å². The first-order valence-electron chi connectivity index (χ1n) is 10.7. The van der Waals surface area contributed by atoms with E-state index in [1.807, 2.05) is 12.1 Å². The van der Waals surface area contributed by atoms with Gasteiger partial charge in [-0.3, -0.25) is 0 Å². The minimum absolute atomic E-state index is 0.101. The highest BCUT2D eigenvalue weighted by atomic mass is 35.5. The second-order valence-electron chi connectivity index (χ2n) is 7.53. The summed E-state index contributed by atoms with van der Waals surface area (Å²) in [5, 5.41) is 14.5. The Hall–Kier alpha value is -4.74. The number of benzene rings is 2. The van der Waals surface area contributed by atoms with Gasteiger partial charge in [0.25, 0.3) is 0 Å². The van der Waals surface area contributed by atoms with Gasteiger partial charge in [0.2, 0.25) is 0 Å². The Balaban J connectivity index is 1.22. The van der Waals surface area contributed by atoms with Gasteiger partial charge in [-0.2, -0.15) is 10.2 Å². The maximum absolute atomic E-state index is 12.6. The van der Waals surface area contributed by atoms with Crippen molar-refractivity contribution in [1.82, 2.24) is 29.9 Å². The molecule has 0 fully saturated rings. The molecule has 2 aromatic carbocycles. The van der Waals surface area contributed by atoms with Gasteiger partial charge in [-0.15, -0.1) is 4.80 Å². The number of nitrogens with two attached hydrogens (primary N) is 1. The molecule has 3 heterocycles. The van der Waals surface area contributed by atoms with E-state index in [1.165, 1.54) is 35.8 Å². The number of hydrogen-bond acceptors (Lipinski definition) is 8. The lowest BCUT2D eigenvalue weighted by Gasteiger charge is -2.12. The number of nitrogens with zero attached hydrogens (tertiary/aromatic N) is 6. The fraction of sp³-hybridized carbons (Fsp3) is 0. The smallest absolute Gasteiger partial charge is 0.323 e. The van der Waals surface area contributed by atoms with Crippen LogP contribution in [-0.2, 0) is 0 Å². The summed E-state index contributed by atoms with van der Waals surface area (Å²) < 4.78 is 5.69. The minimum Gasteiger partial charge on any atom is -0.424 e. The summed E-state index contributed by atoms with van der Waals surface area (Å²) in [6.45, 7) is 0. The number of aromatic nitrogens is 6. The van der Waals surface area contributed by atoms with Gasteiger partial charge in [0.1, 0.15) is 17.3 Å². The summed E-state index contributed by atoms with van der Waals surface area (Å²) in [6.07, 6.45) is 7.39. The van der Waals surface area contributed by atoms with E-state index in [2.05, 4.69) is 35.8 Å². The summed E-state index contributed by atoms with van der Waals surface area (Å²) in [6, 6.07) is 13.4. The molecule has 0 atom stereocenters. The van der Waals surface area contributed by atoms with E-state index in [-0.39, 0.29) is 6.01 Å². The molecule has 37 heavy (non-hydrogen) atoms. The van der Waals surface area contributed by atoms with Crippen molar-refractivity contribution in [3.05, 3.63) is 89.6 Å². The molecule has 0 aliphatic carbocycles. The highest BCUT2D eigenvalue weighted by Gasteiger charge is 2.12. The maximum Gasteiger partial charge on any atom is 0.323 e. The fourth-order valence-corrected chi connectivity index (χ4v) is 3.66. The molecule has 4 N–H and O–H groups in total. The van der Waals surface area contributed by atoms with E-state index < -0.39 is 6.03 Å². The zero-order valence-corrected chi connectivity index (χ0v) is 20.4. The van der Waals surface area contributed by atoms with E-state index >= 15 is 0 Å². The van der Waals surface area contributed by atoms with Crippen LogP contribution in [0.4, 0.5) is 22.0 Å². The quantitative estimate of drug-likeness (QED) is 0.261. The Morgan fingerprint density at radius 1 is 0.865 bits per heavy atom. The van der Waals surface area contributed by atoms with Crippen molar-refractivity contribution in [1.29, 1.82) is 0 Å². The summed E-state index contributed by atoms with van der Waals surface area (Å²) in [5.41, 5.74) is 8.81. The van der Waals surface area contributed by atoms with E-state index in [9.17, 15) is 4.79 Å². The molecule has 5 aromatic rings. The molecule has 3 aromatic heterocycles. The number of pyridine rings is 1. The first-order chi connectivity index (χ1) is 17.9. The van der Waals surface area contributed by atoms with Gasteiger partial charge in [-0.05, 0) is 42.0 Å². The Labute approximate surface area is 220 Å². The molecular weight excluding hydrogens is 517 g/mol. The van der Waals surface area contributed by atoms with Crippen LogP contribution in [0.1, 0.15) is 0 Å². The number of anilines is 3. The van der Waals surface area contributed by atoms with Gasteiger partial charge < -0.3 is 21.1 Å². The topological polar surface area (TPSA) is 146 Å². The second kappa shape index (κ2) is 10.5. The molecule has 0 saturated carbocycles. The van der Waals surface area contributed by atoms with Crippen LogP contribution in [0.2, 0.25) is 10.0 Å². The van der Waals surface area contributed by atoms with Gasteiger partial charge >= 0.3 is 12.0 Å². The molecule has 0 aliphatic rings. The number of rotatable bonds is 6. The second-order valence-corrected chi connectivity index (χ2v) is 8.40. The number of carbonyl (C=O) groups is 1. The fourth-order valence-electron chi connectivity index (χ4n) is 3.33. The average Bonchev–Trinajstić information content (AvgIpc) is 3.42. The number of nitrogens with one attached hydrogen (secondary N) is 2. The number of nitrogen functional groups attached to an aromatic ring is 1. The summed E-state index contributed by atoms with van der Waals surface area (Å²) in [5.74, 6) is 0.884. The molecule has 5 rings (SSSR count). The zero-order valence-electron chi connectivity index (χ0n) is 18.8. The number of halogens is 2. The molecule has 0 aliphatic heterocycles. The molecule has 0 saturated heterocycles. The Morgan fingerprint density at radius 2 is 1.59 bits per heavy atom. The molecular formula is C24H17Cl2N9O2. The van der Waals surface area contributed by atoms with Gasteiger partial charge in [-0.25, -0.2) is 19.7 Å². The summed E-state index contributed by atoms with van der Waals surface area (Å²) in [4.78, 5) is 26.3. The molecule has 184 valence electrons. The van der Waals surface area contributed by atoms with Crippen molar-refractivity contribution in [2.24, 2.45) is 0 Å². The third-order valence-electron chi connectivity index (χ3n) is 4.99. The van der Waals surface area contributed by atoms with Crippen LogP contribution in [0.5, 0.6) is 11.8 Å². The maximum atomic E-state index is 12.6. The lowest BCUT2D eigenvalue weighted by molar-refractivity contribution is 0.262. The highest BCUT2D eigenvalue weighted by molar-refractivity contribution is 6.31. The summed E-state index contributed by atoms with van der Waals surface area (Å²) in [7, 11) is 0. The largest absolute Gasteiger partial charge is 0.424 e. The highest BCUT2D eigenvalue weighted by Crippen LogP contribution is 2.29. The van der Waals surface area contributed by atoms with Gasteiger partial charge in [0.15, 0.2) is 0 Å². The molecule has 0 radical (unpaired) electrons. The Kier molecular flexibility index (Phi) is 6.79. The minimum atomic E-state index is -0.529. The molecule has 0 unspecified atom stereocenters. The number of ether oxygens (including phenoxy) is 1. The van der Waals surface area contributed by atoms with Crippen molar-refractivity contribution in [2.45, 2.75) is 0 Å². The van der Waals surface area contributed by atoms with Crippen molar-refractivity contribution in [3.63, 3.8) is 0 Å². The van der Waals surface area contributed by atoms with Crippen molar-refractivity contribution < 1.29 is 9.53 Å². The van der Waals surface area contributed by atoms with Gasteiger partial charge in [0, 0.05) is 16.8 Å². The predicted molar refractivity (Wildman–Crippen MR) is 140 cm³/mol.